The van der Waals surface area contributed by atoms with Crippen molar-refractivity contribution in [1.29, 1.82) is 0 Å². The maximum atomic E-state index is 12.6. The molecule has 8 heteroatoms. The number of rotatable bonds is 8. The van der Waals surface area contributed by atoms with Gasteiger partial charge in [-0.15, -0.1) is 0 Å². The molecule has 0 aliphatic rings. The Morgan fingerprint density at radius 1 is 1.11 bits per heavy atom. The van der Waals surface area contributed by atoms with Gasteiger partial charge in [0.1, 0.15) is 0 Å². The normalized spacial score (nSPS) is 10.4. The lowest BCUT2D eigenvalue weighted by molar-refractivity contribution is -0.116. The standard InChI is InChI=1S/C20H21Cl2N3O3/c1-2-4-17(26)25-18-15(10-14(21)11-16(18)22)20(28)24-8-7-12-5-3-6-13(9-12)19(23)27/h3,5-6,9-11H,2,4,7-8H2,1H3,(H2,23,27)(H,24,28)(H,25,26). The second kappa shape index (κ2) is 10.1. The minimum Gasteiger partial charge on any atom is -0.366 e. The van der Waals surface area contributed by atoms with Crippen molar-refractivity contribution in [3.63, 3.8) is 0 Å². The number of carbonyl (C=O) groups is 3. The Labute approximate surface area is 173 Å². The Bertz CT molecular complexity index is 900. The molecule has 0 saturated heterocycles. The highest BCUT2D eigenvalue weighted by Gasteiger charge is 2.17. The van der Waals surface area contributed by atoms with Gasteiger partial charge in [0.15, 0.2) is 0 Å². The Morgan fingerprint density at radius 3 is 2.54 bits per heavy atom. The number of carbonyl (C=O) groups excluding carboxylic acids is 3. The Balaban J connectivity index is 2.10. The topological polar surface area (TPSA) is 101 Å². The first-order valence-corrected chi connectivity index (χ1v) is 9.53. The van der Waals surface area contributed by atoms with Crippen LogP contribution >= 0.6 is 23.2 Å². The van der Waals surface area contributed by atoms with Gasteiger partial charge in [-0.1, -0.05) is 42.3 Å². The van der Waals surface area contributed by atoms with Crippen LogP contribution in [0.2, 0.25) is 10.0 Å². The van der Waals surface area contributed by atoms with E-state index in [1.165, 1.54) is 12.1 Å². The van der Waals surface area contributed by atoms with Gasteiger partial charge in [0.05, 0.1) is 16.3 Å². The van der Waals surface area contributed by atoms with E-state index in [0.29, 0.717) is 31.4 Å². The smallest absolute Gasteiger partial charge is 0.253 e. The van der Waals surface area contributed by atoms with Crippen LogP contribution in [0.15, 0.2) is 36.4 Å². The van der Waals surface area contributed by atoms with Crippen LogP contribution < -0.4 is 16.4 Å². The lowest BCUT2D eigenvalue weighted by atomic mass is 10.1. The predicted octanol–water partition coefficient (Wildman–Crippen LogP) is 3.80. The van der Waals surface area contributed by atoms with Crippen molar-refractivity contribution in [3.8, 4) is 0 Å². The van der Waals surface area contributed by atoms with E-state index in [0.717, 1.165) is 5.56 Å². The molecule has 0 aromatic heterocycles. The molecular weight excluding hydrogens is 401 g/mol. The van der Waals surface area contributed by atoms with E-state index in [-0.39, 0.29) is 27.2 Å². The summed E-state index contributed by atoms with van der Waals surface area (Å²) in [6.45, 7) is 2.19. The lowest BCUT2D eigenvalue weighted by Crippen LogP contribution is -2.27. The summed E-state index contributed by atoms with van der Waals surface area (Å²) >= 11 is 12.2. The van der Waals surface area contributed by atoms with Gasteiger partial charge in [0, 0.05) is 23.6 Å². The van der Waals surface area contributed by atoms with E-state index in [9.17, 15) is 14.4 Å². The van der Waals surface area contributed by atoms with E-state index < -0.39 is 11.8 Å². The molecule has 6 nitrogen and oxygen atoms in total. The van der Waals surface area contributed by atoms with E-state index in [4.69, 9.17) is 28.9 Å². The Hall–Kier alpha value is -2.57. The number of primary amides is 1. The fourth-order valence-corrected chi connectivity index (χ4v) is 3.15. The van der Waals surface area contributed by atoms with Gasteiger partial charge in [-0.3, -0.25) is 14.4 Å². The van der Waals surface area contributed by atoms with E-state index in [2.05, 4.69) is 10.6 Å². The van der Waals surface area contributed by atoms with Gasteiger partial charge >= 0.3 is 0 Å². The molecule has 3 amide bonds. The highest BCUT2D eigenvalue weighted by Crippen LogP contribution is 2.30. The molecule has 2 aromatic carbocycles. The maximum Gasteiger partial charge on any atom is 0.253 e. The quantitative estimate of drug-likeness (QED) is 0.603. The van der Waals surface area contributed by atoms with E-state index >= 15 is 0 Å². The van der Waals surface area contributed by atoms with Crippen LogP contribution in [0.25, 0.3) is 0 Å². The van der Waals surface area contributed by atoms with Crippen molar-refractivity contribution in [2.45, 2.75) is 26.2 Å². The number of nitrogens with one attached hydrogen (secondary N) is 2. The van der Waals surface area contributed by atoms with Crippen LogP contribution in [0.1, 0.15) is 46.0 Å². The van der Waals surface area contributed by atoms with E-state index in [1.54, 1.807) is 18.2 Å². The van der Waals surface area contributed by atoms with Gasteiger partial charge in [-0.25, -0.2) is 0 Å². The minimum absolute atomic E-state index is 0.188. The molecular formula is C20H21Cl2N3O3. The van der Waals surface area contributed by atoms with Crippen molar-refractivity contribution in [2.24, 2.45) is 5.73 Å². The van der Waals surface area contributed by atoms with Gasteiger partial charge in [-0.05, 0) is 42.7 Å². The average Bonchev–Trinajstić information content (AvgIpc) is 2.64. The molecule has 28 heavy (non-hydrogen) atoms. The van der Waals surface area contributed by atoms with Crippen molar-refractivity contribution in [1.82, 2.24) is 5.32 Å². The third kappa shape index (κ3) is 5.97. The lowest BCUT2D eigenvalue weighted by Gasteiger charge is -2.14. The van der Waals surface area contributed by atoms with Crippen LogP contribution in [0.3, 0.4) is 0 Å². The van der Waals surface area contributed by atoms with Crippen molar-refractivity contribution >= 4 is 46.6 Å². The Kier molecular flexibility index (Phi) is 7.84. The molecule has 0 bridgehead atoms. The number of benzene rings is 2. The second-order valence-electron chi connectivity index (χ2n) is 6.18. The summed E-state index contributed by atoms with van der Waals surface area (Å²) in [5.74, 6) is -1.15. The fourth-order valence-electron chi connectivity index (χ4n) is 2.60. The molecule has 0 spiro atoms. The summed E-state index contributed by atoms with van der Waals surface area (Å²) in [5.41, 5.74) is 6.96. The SMILES string of the molecule is CCCC(=O)Nc1c(Cl)cc(Cl)cc1C(=O)NCCc1cccc(C(N)=O)c1. The molecule has 4 N–H and O–H groups in total. The zero-order valence-electron chi connectivity index (χ0n) is 15.4. The van der Waals surface area contributed by atoms with Crippen LogP contribution in [-0.2, 0) is 11.2 Å². The number of amides is 3. The second-order valence-corrected chi connectivity index (χ2v) is 7.02. The van der Waals surface area contributed by atoms with Crippen LogP contribution in [-0.4, -0.2) is 24.3 Å². The number of halogens is 2. The summed E-state index contributed by atoms with van der Waals surface area (Å²) in [5, 5.41) is 5.93. The van der Waals surface area contributed by atoms with Crippen LogP contribution in [0.4, 0.5) is 5.69 Å². The summed E-state index contributed by atoms with van der Waals surface area (Å²) in [4.78, 5) is 35.8. The maximum absolute atomic E-state index is 12.6. The third-order valence-electron chi connectivity index (χ3n) is 3.95. The zero-order valence-corrected chi connectivity index (χ0v) is 16.9. The first-order chi connectivity index (χ1) is 13.3. The molecule has 0 atom stereocenters. The largest absolute Gasteiger partial charge is 0.366 e. The summed E-state index contributed by atoms with van der Waals surface area (Å²) < 4.78 is 0. The molecule has 0 unspecified atom stereocenters. The summed E-state index contributed by atoms with van der Waals surface area (Å²) in [6, 6.07) is 9.81. The van der Waals surface area contributed by atoms with E-state index in [1.807, 2.05) is 13.0 Å². The predicted molar refractivity (Wildman–Crippen MR) is 111 cm³/mol. The monoisotopic (exact) mass is 421 g/mol. The minimum atomic E-state index is -0.507. The number of nitrogens with two attached hydrogens (primary N) is 1. The highest BCUT2D eigenvalue weighted by molar-refractivity contribution is 6.38. The number of hydrogen-bond donors (Lipinski definition) is 3. The summed E-state index contributed by atoms with van der Waals surface area (Å²) in [6.07, 6.45) is 1.48. The number of hydrogen-bond acceptors (Lipinski definition) is 3. The molecule has 0 fully saturated rings. The van der Waals surface area contributed by atoms with Crippen molar-refractivity contribution in [2.75, 3.05) is 11.9 Å². The van der Waals surface area contributed by atoms with Crippen molar-refractivity contribution < 1.29 is 14.4 Å². The van der Waals surface area contributed by atoms with Gasteiger partial charge in [-0.2, -0.15) is 0 Å². The molecule has 2 aromatic rings. The summed E-state index contributed by atoms with van der Waals surface area (Å²) in [7, 11) is 0. The van der Waals surface area contributed by atoms with Gasteiger partial charge in [0.2, 0.25) is 11.8 Å². The first kappa shape index (κ1) is 21.7. The molecule has 148 valence electrons. The highest BCUT2D eigenvalue weighted by atomic mass is 35.5. The van der Waals surface area contributed by atoms with Crippen LogP contribution in [0, 0.1) is 0 Å². The molecule has 0 heterocycles. The van der Waals surface area contributed by atoms with Crippen LogP contribution in [0.5, 0.6) is 0 Å². The van der Waals surface area contributed by atoms with Gasteiger partial charge in [0.25, 0.3) is 5.91 Å². The fraction of sp³-hybridized carbons (Fsp3) is 0.250. The molecule has 0 saturated carbocycles. The third-order valence-corrected chi connectivity index (χ3v) is 4.47. The van der Waals surface area contributed by atoms with Crippen molar-refractivity contribution in [3.05, 3.63) is 63.1 Å². The molecule has 0 aliphatic carbocycles. The Morgan fingerprint density at radius 2 is 1.86 bits per heavy atom. The first-order valence-electron chi connectivity index (χ1n) is 8.77. The zero-order chi connectivity index (χ0) is 20.7. The molecule has 0 aliphatic heterocycles. The number of anilines is 1. The average molecular weight is 422 g/mol. The molecule has 0 radical (unpaired) electrons. The molecule has 2 rings (SSSR count). The van der Waals surface area contributed by atoms with Gasteiger partial charge < -0.3 is 16.4 Å².